The van der Waals surface area contributed by atoms with Gasteiger partial charge >= 0.3 is 0 Å². The molecule has 6 heterocycles. The zero-order valence-electron chi connectivity index (χ0n) is 16.9. The van der Waals surface area contributed by atoms with Gasteiger partial charge in [0.2, 0.25) is 0 Å². The second-order valence-corrected chi connectivity index (χ2v) is 7.18. The molecule has 6 rings (SSSR count). The normalized spacial score (nSPS) is 11.3. The smallest absolute Gasteiger partial charge is 0.159 e. The van der Waals surface area contributed by atoms with Gasteiger partial charge in [-0.05, 0) is 24.3 Å². The van der Waals surface area contributed by atoms with Crippen molar-refractivity contribution >= 4 is 21.9 Å². The summed E-state index contributed by atoms with van der Waals surface area (Å²) < 4.78 is 5.29. The molecular weight excluding hydrogens is 404 g/mol. The lowest BCUT2D eigenvalue weighted by atomic mass is 10.1. The third kappa shape index (κ3) is 2.95. The third-order valence-electron chi connectivity index (χ3n) is 5.25. The van der Waals surface area contributed by atoms with Crippen molar-refractivity contribution in [3.05, 3.63) is 67.5 Å². The van der Waals surface area contributed by atoms with Gasteiger partial charge in [-0.3, -0.25) is 25.0 Å². The number of methoxy groups -OCH3 is 1. The topological polar surface area (TPSA) is 118 Å². The fraction of sp³-hybridized carbons (Fsp3) is 0.0435. The van der Waals surface area contributed by atoms with E-state index < -0.39 is 0 Å². The van der Waals surface area contributed by atoms with Crippen LogP contribution in [0.1, 0.15) is 0 Å². The van der Waals surface area contributed by atoms with E-state index in [1.165, 1.54) is 0 Å². The van der Waals surface area contributed by atoms with E-state index in [0.29, 0.717) is 17.3 Å². The Hall–Kier alpha value is -4.66. The first-order valence-electron chi connectivity index (χ1n) is 9.89. The van der Waals surface area contributed by atoms with E-state index in [9.17, 15) is 0 Å². The van der Waals surface area contributed by atoms with E-state index in [4.69, 9.17) is 9.72 Å². The van der Waals surface area contributed by atoms with Crippen LogP contribution in [0, 0.1) is 0 Å². The molecule has 0 aliphatic heterocycles. The van der Waals surface area contributed by atoms with Crippen LogP contribution in [0.2, 0.25) is 0 Å². The Bertz CT molecular complexity index is 1570. The highest BCUT2D eigenvalue weighted by molar-refractivity contribution is 5.97. The average molecular weight is 420 g/mol. The first kappa shape index (κ1) is 18.1. The summed E-state index contributed by atoms with van der Waals surface area (Å²) in [7, 11) is 1.61. The summed E-state index contributed by atoms with van der Waals surface area (Å²) >= 11 is 0. The first-order chi connectivity index (χ1) is 15.8. The minimum absolute atomic E-state index is 0.636. The average Bonchev–Trinajstić information content (AvgIpc) is 3.48. The van der Waals surface area contributed by atoms with E-state index in [1.54, 1.807) is 44.3 Å². The largest absolute Gasteiger partial charge is 0.495 e. The van der Waals surface area contributed by atoms with Crippen LogP contribution < -0.4 is 4.74 Å². The Labute approximate surface area is 181 Å². The maximum absolute atomic E-state index is 5.29. The molecule has 32 heavy (non-hydrogen) atoms. The Morgan fingerprint density at radius 2 is 1.81 bits per heavy atom. The van der Waals surface area contributed by atoms with Crippen LogP contribution in [0.4, 0.5) is 0 Å². The minimum Gasteiger partial charge on any atom is -0.495 e. The standard InChI is InChI=1S/C23H16N8O/c1-32-14-6-13(8-24-9-14)18-7-15-19(12-27-18)30-31-22(15)23-28-20-11-25-10-16(21(20)29-23)17-4-2-3-5-26-17/h2-12H,1H3,(H,28,29)(H,30,31). The molecule has 6 aromatic rings. The van der Waals surface area contributed by atoms with Crippen LogP contribution in [-0.2, 0) is 0 Å². The van der Waals surface area contributed by atoms with Crippen LogP contribution in [0.25, 0.3) is 56.0 Å². The van der Waals surface area contributed by atoms with Gasteiger partial charge in [-0.2, -0.15) is 5.10 Å². The summed E-state index contributed by atoms with van der Waals surface area (Å²) in [5.41, 5.74) is 6.39. The van der Waals surface area contributed by atoms with Gasteiger partial charge in [-0.25, -0.2) is 4.98 Å². The second kappa shape index (κ2) is 7.24. The number of aromatic nitrogens is 8. The maximum Gasteiger partial charge on any atom is 0.159 e. The van der Waals surface area contributed by atoms with Gasteiger partial charge in [0.1, 0.15) is 17.0 Å². The van der Waals surface area contributed by atoms with E-state index >= 15 is 0 Å². The van der Waals surface area contributed by atoms with Gasteiger partial charge < -0.3 is 9.72 Å². The van der Waals surface area contributed by atoms with Gasteiger partial charge in [0.15, 0.2) is 5.82 Å². The molecule has 9 heteroatoms. The first-order valence-corrected chi connectivity index (χ1v) is 9.89. The number of fused-ring (bicyclic) bond motifs is 2. The number of nitrogens with zero attached hydrogens (tertiary/aromatic N) is 6. The molecule has 2 N–H and O–H groups in total. The molecule has 0 spiro atoms. The van der Waals surface area contributed by atoms with Crippen molar-refractivity contribution in [1.82, 2.24) is 40.1 Å². The van der Waals surface area contributed by atoms with E-state index in [1.807, 2.05) is 30.3 Å². The van der Waals surface area contributed by atoms with E-state index in [2.05, 4.69) is 35.1 Å². The number of hydrogen-bond acceptors (Lipinski definition) is 7. The van der Waals surface area contributed by atoms with Crippen LogP contribution in [0.3, 0.4) is 0 Å². The Morgan fingerprint density at radius 3 is 2.69 bits per heavy atom. The van der Waals surface area contributed by atoms with Crippen molar-refractivity contribution in [1.29, 1.82) is 0 Å². The van der Waals surface area contributed by atoms with Crippen LogP contribution in [-0.4, -0.2) is 47.2 Å². The van der Waals surface area contributed by atoms with Crippen molar-refractivity contribution in [2.75, 3.05) is 7.11 Å². The van der Waals surface area contributed by atoms with Gasteiger partial charge in [0.05, 0.1) is 48.1 Å². The lowest BCUT2D eigenvalue weighted by Gasteiger charge is -2.03. The summed E-state index contributed by atoms with van der Waals surface area (Å²) in [5.74, 6) is 1.31. The van der Waals surface area contributed by atoms with Crippen molar-refractivity contribution in [2.24, 2.45) is 0 Å². The van der Waals surface area contributed by atoms with Crippen molar-refractivity contribution in [2.45, 2.75) is 0 Å². The molecular formula is C23H16N8O. The third-order valence-corrected chi connectivity index (χ3v) is 5.25. The number of aromatic amines is 2. The molecule has 9 nitrogen and oxygen atoms in total. The highest BCUT2D eigenvalue weighted by atomic mass is 16.5. The molecule has 0 fully saturated rings. The Kier molecular flexibility index (Phi) is 4.10. The molecule has 154 valence electrons. The van der Waals surface area contributed by atoms with Crippen LogP contribution >= 0.6 is 0 Å². The highest BCUT2D eigenvalue weighted by Gasteiger charge is 2.17. The van der Waals surface area contributed by atoms with Crippen molar-refractivity contribution < 1.29 is 4.74 Å². The van der Waals surface area contributed by atoms with Crippen molar-refractivity contribution in [3.63, 3.8) is 0 Å². The van der Waals surface area contributed by atoms with Gasteiger partial charge in [-0.15, -0.1) is 0 Å². The zero-order valence-corrected chi connectivity index (χ0v) is 16.9. The predicted molar refractivity (Wildman–Crippen MR) is 120 cm³/mol. The molecule has 0 aliphatic carbocycles. The lowest BCUT2D eigenvalue weighted by Crippen LogP contribution is -1.89. The molecule has 0 aromatic carbocycles. The van der Waals surface area contributed by atoms with Crippen LogP contribution in [0.15, 0.2) is 67.5 Å². The quantitative estimate of drug-likeness (QED) is 0.442. The minimum atomic E-state index is 0.636. The second-order valence-electron chi connectivity index (χ2n) is 7.18. The number of H-pyrrole nitrogens is 2. The Morgan fingerprint density at radius 1 is 0.875 bits per heavy atom. The van der Waals surface area contributed by atoms with Crippen LogP contribution in [0.5, 0.6) is 5.75 Å². The zero-order chi connectivity index (χ0) is 21.5. The SMILES string of the molecule is COc1cncc(-c2cc3c(-c4nc5c(-c6ccccn6)cncc5[nH]4)n[nH]c3cn2)c1. The molecule has 0 unspecified atom stereocenters. The number of imidazole rings is 1. The number of hydrogen-bond donors (Lipinski definition) is 2. The Balaban J connectivity index is 1.50. The summed E-state index contributed by atoms with van der Waals surface area (Å²) in [6.45, 7) is 0. The van der Waals surface area contributed by atoms with E-state index in [0.717, 1.165) is 44.5 Å². The maximum atomic E-state index is 5.29. The number of rotatable bonds is 4. The number of ether oxygens (including phenoxy) is 1. The molecule has 6 aromatic heterocycles. The fourth-order valence-electron chi connectivity index (χ4n) is 3.68. The molecule has 0 saturated carbocycles. The monoisotopic (exact) mass is 420 g/mol. The van der Waals surface area contributed by atoms with Gasteiger partial charge in [0, 0.05) is 35.1 Å². The summed E-state index contributed by atoms with van der Waals surface area (Å²) in [5, 5.41) is 8.43. The summed E-state index contributed by atoms with van der Waals surface area (Å²) in [6, 6.07) is 9.63. The highest BCUT2D eigenvalue weighted by Crippen LogP contribution is 2.31. The van der Waals surface area contributed by atoms with Gasteiger partial charge in [-0.1, -0.05) is 6.07 Å². The molecule has 0 radical (unpaired) electrons. The fourth-order valence-corrected chi connectivity index (χ4v) is 3.68. The van der Waals surface area contributed by atoms with Gasteiger partial charge in [0.25, 0.3) is 0 Å². The summed E-state index contributed by atoms with van der Waals surface area (Å²) in [4.78, 5) is 25.7. The number of pyridine rings is 4. The molecule has 0 aliphatic rings. The molecule has 0 atom stereocenters. The molecule has 0 saturated heterocycles. The number of nitrogens with one attached hydrogen (secondary N) is 2. The molecule has 0 bridgehead atoms. The van der Waals surface area contributed by atoms with E-state index in [-0.39, 0.29) is 0 Å². The molecule has 0 amide bonds. The summed E-state index contributed by atoms with van der Waals surface area (Å²) in [6.07, 6.45) is 10.4. The lowest BCUT2D eigenvalue weighted by molar-refractivity contribution is 0.413. The van der Waals surface area contributed by atoms with Crippen molar-refractivity contribution in [3.8, 4) is 39.8 Å². The predicted octanol–water partition coefficient (Wildman–Crippen LogP) is 4.03.